The van der Waals surface area contributed by atoms with Crippen LogP contribution in [0.25, 0.3) is 0 Å². The number of carbonyl (C=O) groups excluding carboxylic acids is 2. The van der Waals surface area contributed by atoms with Gasteiger partial charge in [-0.1, -0.05) is 12.2 Å². The van der Waals surface area contributed by atoms with E-state index in [1.165, 1.54) is 13.8 Å². The van der Waals surface area contributed by atoms with Gasteiger partial charge in [0.2, 0.25) is 5.91 Å². The van der Waals surface area contributed by atoms with Crippen LogP contribution in [0, 0.1) is 10.1 Å². The zero-order chi connectivity index (χ0) is 16.3. The van der Waals surface area contributed by atoms with E-state index in [1.54, 1.807) is 0 Å². The quantitative estimate of drug-likeness (QED) is 0.215. The lowest BCUT2D eigenvalue weighted by Crippen LogP contribution is -2.40. The maximum atomic E-state index is 11.6. The molecule has 1 amide bonds. The van der Waals surface area contributed by atoms with E-state index in [2.05, 4.69) is 10.2 Å². The molecule has 0 spiro atoms. The second-order valence-electron chi connectivity index (χ2n) is 4.52. The molecule has 1 N–H and O–H groups in total. The molecule has 8 heteroatoms. The van der Waals surface area contributed by atoms with Crippen LogP contribution in [0.1, 0.15) is 40.0 Å². The van der Waals surface area contributed by atoms with Gasteiger partial charge in [-0.3, -0.25) is 4.79 Å². The lowest BCUT2D eigenvalue weighted by Gasteiger charge is -2.15. The van der Waals surface area contributed by atoms with E-state index in [4.69, 9.17) is 4.74 Å². The molecule has 0 rings (SSSR count). The van der Waals surface area contributed by atoms with Gasteiger partial charge < -0.3 is 14.9 Å². The molecule has 0 radical (unpaired) electrons. The zero-order valence-electron chi connectivity index (χ0n) is 12.5. The van der Waals surface area contributed by atoms with Crippen molar-refractivity contribution in [3.8, 4) is 0 Å². The number of hydrogen-bond donors (Lipinski definition) is 1. The summed E-state index contributed by atoms with van der Waals surface area (Å²) in [6.07, 6.45) is 4.84. The molecule has 0 saturated heterocycles. The molecule has 0 aliphatic carbocycles. The molecule has 0 bridgehead atoms. The van der Waals surface area contributed by atoms with Crippen LogP contribution >= 0.6 is 0 Å². The SMILES string of the molecule is C/C=C\CCCC(=O)NC(C)C(=O)OCC(C)O[N+](=O)[O-]. The summed E-state index contributed by atoms with van der Waals surface area (Å²) in [5.74, 6) is -0.894. The lowest BCUT2D eigenvalue weighted by atomic mass is 10.2. The van der Waals surface area contributed by atoms with E-state index < -0.39 is 23.2 Å². The van der Waals surface area contributed by atoms with Crippen LogP contribution in [0.3, 0.4) is 0 Å². The number of ether oxygens (including phenoxy) is 1. The number of carbonyl (C=O) groups is 2. The summed E-state index contributed by atoms with van der Waals surface area (Å²) in [6, 6.07) is -0.804. The predicted molar refractivity (Wildman–Crippen MR) is 74.8 cm³/mol. The number of hydrogen-bond acceptors (Lipinski definition) is 6. The normalized spacial score (nSPS) is 13.5. The van der Waals surface area contributed by atoms with Crippen LogP contribution in [0.4, 0.5) is 0 Å². The predicted octanol–water partition coefficient (Wildman–Crippen LogP) is 1.38. The van der Waals surface area contributed by atoms with Crippen molar-refractivity contribution in [2.24, 2.45) is 0 Å². The average molecular weight is 302 g/mol. The summed E-state index contributed by atoms with van der Waals surface area (Å²) in [5.41, 5.74) is 0. The summed E-state index contributed by atoms with van der Waals surface area (Å²) < 4.78 is 4.82. The van der Waals surface area contributed by atoms with Gasteiger partial charge in [-0.15, -0.1) is 10.1 Å². The van der Waals surface area contributed by atoms with Crippen LogP contribution in [0.2, 0.25) is 0 Å². The largest absolute Gasteiger partial charge is 0.462 e. The Morgan fingerprint density at radius 1 is 1.38 bits per heavy atom. The summed E-state index contributed by atoms with van der Waals surface area (Å²) in [7, 11) is 0. The van der Waals surface area contributed by atoms with Crippen LogP contribution in [0.15, 0.2) is 12.2 Å². The van der Waals surface area contributed by atoms with Gasteiger partial charge in [0, 0.05) is 6.42 Å². The molecular formula is C13H22N2O6. The standard InChI is InChI=1S/C13H22N2O6/c1-4-5-6-7-8-12(16)14-11(3)13(17)20-9-10(2)21-15(18)19/h4-5,10-11H,6-9H2,1-3H3,(H,14,16)/b5-4-. The molecule has 0 heterocycles. The van der Waals surface area contributed by atoms with Crippen molar-refractivity contribution in [1.82, 2.24) is 5.32 Å². The number of esters is 1. The fourth-order valence-electron chi connectivity index (χ4n) is 1.42. The Balaban J connectivity index is 3.93. The van der Waals surface area contributed by atoms with Gasteiger partial charge in [0.25, 0.3) is 5.09 Å². The molecule has 8 nitrogen and oxygen atoms in total. The first-order chi connectivity index (χ1) is 9.86. The Labute approximate surface area is 123 Å². The fraction of sp³-hybridized carbons (Fsp3) is 0.692. The first-order valence-corrected chi connectivity index (χ1v) is 6.75. The molecule has 0 aromatic heterocycles. The van der Waals surface area contributed by atoms with Crippen molar-refractivity contribution in [2.45, 2.75) is 52.2 Å². The third kappa shape index (κ3) is 10.3. The fourth-order valence-corrected chi connectivity index (χ4v) is 1.42. The molecule has 0 saturated carbocycles. The van der Waals surface area contributed by atoms with Crippen molar-refractivity contribution in [3.05, 3.63) is 22.3 Å². The molecule has 0 aromatic carbocycles. The minimum absolute atomic E-state index is 0.237. The molecule has 2 atom stereocenters. The van der Waals surface area contributed by atoms with Crippen LogP contribution in [0.5, 0.6) is 0 Å². The Morgan fingerprint density at radius 2 is 2.05 bits per heavy atom. The van der Waals surface area contributed by atoms with E-state index in [9.17, 15) is 19.7 Å². The Morgan fingerprint density at radius 3 is 2.62 bits per heavy atom. The molecule has 0 fully saturated rings. The lowest BCUT2D eigenvalue weighted by molar-refractivity contribution is -0.767. The van der Waals surface area contributed by atoms with Crippen molar-refractivity contribution in [3.63, 3.8) is 0 Å². The van der Waals surface area contributed by atoms with Gasteiger partial charge >= 0.3 is 5.97 Å². The highest BCUT2D eigenvalue weighted by atomic mass is 17.0. The van der Waals surface area contributed by atoms with Gasteiger partial charge in [0.1, 0.15) is 18.8 Å². The second kappa shape index (κ2) is 10.6. The van der Waals surface area contributed by atoms with Crippen molar-refractivity contribution < 1.29 is 24.3 Å². The molecule has 0 aliphatic rings. The molecular weight excluding hydrogens is 280 g/mol. The van der Waals surface area contributed by atoms with Crippen LogP contribution in [-0.2, 0) is 19.2 Å². The highest BCUT2D eigenvalue weighted by Gasteiger charge is 2.18. The number of allylic oxidation sites excluding steroid dienone is 2. The van der Waals surface area contributed by atoms with E-state index in [1.807, 2.05) is 19.1 Å². The highest BCUT2D eigenvalue weighted by Crippen LogP contribution is 1.99. The van der Waals surface area contributed by atoms with Crippen LogP contribution in [-0.4, -0.2) is 35.7 Å². The van der Waals surface area contributed by atoms with E-state index in [0.29, 0.717) is 12.8 Å². The Bertz CT molecular complexity index is 383. The minimum Gasteiger partial charge on any atom is -0.462 e. The van der Waals surface area contributed by atoms with E-state index in [-0.39, 0.29) is 12.5 Å². The summed E-state index contributed by atoms with van der Waals surface area (Å²) in [6.45, 7) is 4.55. The number of amides is 1. The summed E-state index contributed by atoms with van der Waals surface area (Å²) >= 11 is 0. The molecule has 21 heavy (non-hydrogen) atoms. The smallest absolute Gasteiger partial charge is 0.328 e. The summed E-state index contributed by atoms with van der Waals surface area (Å²) in [5, 5.41) is 11.6. The first-order valence-electron chi connectivity index (χ1n) is 6.75. The topological polar surface area (TPSA) is 108 Å². The third-order valence-corrected chi connectivity index (χ3v) is 2.47. The van der Waals surface area contributed by atoms with Gasteiger partial charge in [-0.25, -0.2) is 4.79 Å². The van der Waals surface area contributed by atoms with Gasteiger partial charge in [-0.05, 0) is 33.6 Å². The Hall–Kier alpha value is -2.12. The molecule has 0 aromatic rings. The van der Waals surface area contributed by atoms with Gasteiger partial charge in [0.05, 0.1) is 0 Å². The van der Waals surface area contributed by atoms with Crippen molar-refractivity contribution >= 4 is 11.9 Å². The number of nitrogens with zero attached hydrogens (tertiary/aromatic N) is 1. The maximum Gasteiger partial charge on any atom is 0.328 e. The average Bonchev–Trinajstić information content (AvgIpc) is 2.40. The van der Waals surface area contributed by atoms with Crippen molar-refractivity contribution in [2.75, 3.05) is 6.61 Å². The van der Waals surface area contributed by atoms with Gasteiger partial charge in [0.15, 0.2) is 0 Å². The second-order valence-corrected chi connectivity index (χ2v) is 4.52. The summed E-state index contributed by atoms with van der Waals surface area (Å²) in [4.78, 5) is 37.4. The number of unbranched alkanes of at least 4 members (excludes halogenated alkanes) is 1. The van der Waals surface area contributed by atoms with E-state index >= 15 is 0 Å². The number of rotatable bonds is 10. The first kappa shape index (κ1) is 18.9. The molecule has 120 valence electrons. The Kier molecular flexibility index (Phi) is 9.57. The highest BCUT2D eigenvalue weighted by molar-refractivity contribution is 5.84. The maximum absolute atomic E-state index is 11.6. The third-order valence-electron chi connectivity index (χ3n) is 2.47. The zero-order valence-corrected chi connectivity index (χ0v) is 12.5. The number of nitrogens with one attached hydrogen (secondary N) is 1. The van der Waals surface area contributed by atoms with Crippen LogP contribution < -0.4 is 5.32 Å². The minimum atomic E-state index is -0.950. The van der Waals surface area contributed by atoms with Gasteiger partial charge in [-0.2, -0.15) is 0 Å². The molecule has 0 aliphatic heterocycles. The molecule has 2 unspecified atom stereocenters. The monoisotopic (exact) mass is 302 g/mol. The van der Waals surface area contributed by atoms with Crippen molar-refractivity contribution in [1.29, 1.82) is 0 Å². The van der Waals surface area contributed by atoms with E-state index in [0.717, 1.165) is 6.42 Å².